The summed E-state index contributed by atoms with van der Waals surface area (Å²) in [4.78, 5) is 11.7. The second-order valence-corrected chi connectivity index (χ2v) is 5.26. The van der Waals surface area contributed by atoms with Gasteiger partial charge in [-0.15, -0.1) is 0 Å². The standard InChI is InChI=1S/C18H22O5/c1-13-7-8-14(9-10-18(2,3)22-6)11-15(13)23-16(12-20-4)17(19)21-5/h7-8,11-12H,1-6H3/b16-12+. The maximum absolute atomic E-state index is 11.7. The van der Waals surface area contributed by atoms with Crippen molar-refractivity contribution >= 4 is 5.97 Å². The highest BCUT2D eigenvalue weighted by atomic mass is 16.6. The van der Waals surface area contributed by atoms with Gasteiger partial charge >= 0.3 is 5.97 Å². The summed E-state index contributed by atoms with van der Waals surface area (Å²) in [7, 11) is 4.31. The lowest BCUT2D eigenvalue weighted by Crippen LogP contribution is -2.19. The quantitative estimate of drug-likeness (QED) is 0.362. The van der Waals surface area contributed by atoms with Gasteiger partial charge in [0.1, 0.15) is 17.6 Å². The van der Waals surface area contributed by atoms with Crippen molar-refractivity contribution in [2.45, 2.75) is 26.4 Å². The third-order valence-electron chi connectivity index (χ3n) is 3.04. The molecule has 0 aliphatic rings. The SMILES string of the molecule is CO/C=C(/Oc1cc(C#CC(C)(C)OC)ccc1C)C(=O)OC. The molecule has 0 aliphatic heterocycles. The molecule has 0 saturated heterocycles. The van der Waals surface area contributed by atoms with Crippen LogP contribution in [0, 0.1) is 18.8 Å². The molecule has 5 nitrogen and oxygen atoms in total. The van der Waals surface area contributed by atoms with E-state index in [4.69, 9.17) is 14.2 Å². The van der Waals surface area contributed by atoms with Crippen LogP contribution >= 0.6 is 0 Å². The summed E-state index contributed by atoms with van der Waals surface area (Å²) in [5.74, 6) is 5.89. The predicted molar refractivity (Wildman–Crippen MR) is 86.9 cm³/mol. The van der Waals surface area contributed by atoms with Crippen molar-refractivity contribution in [3.05, 3.63) is 41.3 Å². The van der Waals surface area contributed by atoms with Crippen LogP contribution in [0.5, 0.6) is 5.75 Å². The first-order valence-electron chi connectivity index (χ1n) is 7.01. The summed E-state index contributed by atoms with van der Waals surface area (Å²) in [5.41, 5.74) is 1.06. The molecule has 1 rings (SSSR count). The first kappa shape index (κ1) is 18.6. The van der Waals surface area contributed by atoms with E-state index in [2.05, 4.69) is 16.6 Å². The molecule has 0 saturated carbocycles. The lowest BCUT2D eigenvalue weighted by Gasteiger charge is -2.14. The highest BCUT2D eigenvalue weighted by molar-refractivity contribution is 5.86. The lowest BCUT2D eigenvalue weighted by molar-refractivity contribution is -0.138. The Morgan fingerprint density at radius 1 is 1.22 bits per heavy atom. The van der Waals surface area contributed by atoms with Crippen LogP contribution in [0.4, 0.5) is 0 Å². The van der Waals surface area contributed by atoms with Crippen molar-refractivity contribution < 1.29 is 23.7 Å². The van der Waals surface area contributed by atoms with Crippen molar-refractivity contribution in [1.29, 1.82) is 0 Å². The summed E-state index contributed by atoms with van der Waals surface area (Å²) in [6.07, 6.45) is 1.19. The van der Waals surface area contributed by atoms with Gasteiger partial charge in [-0.25, -0.2) is 4.79 Å². The number of hydrogen-bond acceptors (Lipinski definition) is 5. The average Bonchev–Trinajstić information content (AvgIpc) is 2.54. The Kier molecular flexibility index (Phi) is 6.67. The van der Waals surface area contributed by atoms with Crippen LogP contribution in [0.3, 0.4) is 0 Å². The van der Waals surface area contributed by atoms with Crippen LogP contribution in [0.1, 0.15) is 25.0 Å². The number of esters is 1. The van der Waals surface area contributed by atoms with Crippen molar-refractivity contribution in [2.75, 3.05) is 21.3 Å². The summed E-state index contributed by atoms with van der Waals surface area (Å²) < 4.78 is 20.4. The Bertz CT molecular complexity index is 647. The maximum atomic E-state index is 11.7. The van der Waals surface area contributed by atoms with Crippen LogP contribution in [0.25, 0.3) is 0 Å². The topological polar surface area (TPSA) is 54.0 Å². The first-order chi connectivity index (χ1) is 10.8. The smallest absolute Gasteiger partial charge is 0.377 e. The number of hydrogen-bond donors (Lipinski definition) is 0. The number of rotatable bonds is 5. The van der Waals surface area contributed by atoms with Crippen molar-refractivity contribution in [3.63, 3.8) is 0 Å². The van der Waals surface area contributed by atoms with E-state index < -0.39 is 11.6 Å². The largest absolute Gasteiger partial charge is 0.500 e. The maximum Gasteiger partial charge on any atom is 0.377 e. The van der Waals surface area contributed by atoms with Crippen LogP contribution < -0.4 is 4.74 Å². The molecule has 0 bridgehead atoms. The minimum Gasteiger partial charge on any atom is -0.500 e. The molecule has 1 aromatic carbocycles. The lowest BCUT2D eigenvalue weighted by atomic mass is 10.1. The first-order valence-corrected chi connectivity index (χ1v) is 7.01. The summed E-state index contributed by atoms with van der Waals surface area (Å²) >= 11 is 0. The molecular weight excluding hydrogens is 296 g/mol. The fourth-order valence-electron chi connectivity index (χ4n) is 1.50. The zero-order valence-electron chi connectivity index (χ0n) is 14.4. The predicted octanol–water partition coefficient (Wildman–Crippen LogP) is 2.81. The van der Waals surface area contributed by atoms with E-state index in [0.29, 0.717) is 5.75 Å². The van der Waals surface area contributed by atoms with Gasteiger partial charge in [0.2, 0.25) is 5.76 Å². The monoisotopic (exact) mass is 318 g/mol. The molecule has 1 aromatic rings. The zero-order chi connectivity index (χ0) is 17.5. The Hall–Kier alpha value is -2.45. The zero-order valence-corrected chi connectivity index (χ0v) is 14.4. The van der Waals surface area contributed by atoms with Crippen molar-refractivity contribution in [1.82, 2.24) is 0 Å². The molecule has 5 heteroatoms. The molecule has 0 aliphatic carbocycles. The average molecular weight is 318 g/mol. The molecule has 0 fully saturated rings. The van der Waals surface area contributed by atoms with E-state index in [0.717, 1.165) is 11.1 Å². The van der Waals surface area contributed by atoms with Crippen LogP contribution in [0.2, 0.25) is 0 Å². The second-order valence-electron chi connectivity index (χ2n) is 5.26. The van der Waals surface area contributed by atoms with E-state index in [1.54, 1.807) is 13.2 Å². The molecule has 0 radical (unpaired) electrons. The summed E-state index contributed by atoms with van der Waals surface area (Å²) in [6, 6.07) is 5.49. The summed E-state index contributed by atoms with van der Waals surface area (Å²) in [6.45, 7) is 5.62. The Morgan fingerprint density at radius 2 is 1.91 bits per heavy atom. The normalized spacial score (nSPS) is 11.3. The number of ether oxygens (including phenoxy) is 4. The van der Waals surface area contributed by atoms with Gasteiger partial charge < -0.3 is 18.9 Å². The third-order valence-corrected chi connectivity index (χ3v) is 3.04. The van der Waals surface area contributed by atoms with Gasteiger partial charge in [0.05, 0.1) is 14.2 Å². The number of carbonyl (C=O) groups excluding carboxylic acids is 1. The van der Waals surface area contributed by atoms with Crippen molar-refractivity contribution in [3.8, 4) is 17.6 Å². The molecule has 0 spiro atoms. The Labute approximate surface area is 137 Å². The Morgan fingerprint density at radius 3 is 2.48 bits per heavy atom. The third kappa shape index (κ3) is 5.68. The van der Waals surface area contributed by atoms with Crippen LogP contribution in [0.15, 0.2) is 30.2 Å². The molecule has 124 valence electrons. The minimum absolute atomic E-state index is 0.0413. The fourth-order valence-corrected chi connectivity index (χ4v) is 1.50. The van der Waals surface area contributed by atoms with Crippen LogP contribution in [-0.2, 0) is 19.0 Å². The van der Waals surface area contributed by atoms with E-state index in [9.17, 15) is 4.79 Å². The van der Waals surface area contributed by atoms with Crippen LogP contribution in [-0.4, -0.2) is 32.9 Å². The van der Waals surface area contributed by atoms with Gasteiger partial charge in [0.25, 0.3) is 0 Å². The molecule has 0 N–H and O–H groups in total. The van der Waals surface area contributed by atoms with Gasteiger partial charge in [-0.1, -0.05) is 17.9 Å². The second kappa shape index (κ2) is 8.25. The summed E-state index contributed by atoms with van der Waals surface area (Å²) in [5, 5.41) is 0. The minimum atomic E-state index is -0.622. The molecule has 0 heterocycles. The number of aryl methyl sites for hydroxylation is 1. The van der Waals surface area contributed by atoms with Crippen molar-refractivity contribution in [2.24, 2.45) is 0 Å². The van der Waals surface area contributed by atoms with E-state index in [1.165, 1.54) is 20.5 Å². The van der Waals surface area contributed by atoms with E-state index >= 15 is 0 Å². The Balaban J connectivity index is 3.11. The van der Waals surface area contributed by atoms with Gasteiger partial charge in [-0.2, -0.15) is 0 Å². The molecular formula is C18H22O5. The van der Waals surface area contributed by atoms with Gasteiger partial charge in [-0.05, 0) is 38.5 Å². The molecule has 0 atom stereocenters. The molecule has 23 heavy (non-hydrogen) atoms. The van der Waals surface area contributed by atoms with Gasteiger partial charge in [0, 0.05) is 12.7 Å². The molecule has 0 unspecified atom stereocenters. The highest BCUT2D eigenvalue weighted by Crippen LogP contribution is 2.22. The highest BCUT2D eigenvalue weighted by Gasteiger charge is 2.15. The number of methoxy groups -OCH3 is 3. The number of carbonyl (C=O) groups is 1. The molecule has 0 amide bonds. The number of benzene rings is 1. The van der Waals surface area contributed by atoms with Gasteiger partial charge in [0.15, 0.2) is 0 Å². The van der Waals surface area contributed by atoms with E-state index in [1.807, 2.05) is 32.9 Å². The molecule has 0 aromatic heterocycles. The van der Waals surface area contributed by atoms with E-state index in [-0.39, 0.29) is 5.76 Å². The fraction of sp³-hybridized carbons (Fsp3) is 0.389. The van der Waals surface area contributed by atoms with Gasteiger partial charge in [-0.3, -0.25) is 0 Å².